The van der Waals surface area contributed by atoms with Gasteiger partial charge in [-0.05, 0) is 18.1 Å². The number of hydrogen-bond donors (Lipinski definition) is 1. The van der Waals surface area contributed by atoms with Crippen molar-refractivity contribution in [3.8, 4) is 0 Å². The maximum Gasteiger partial charge on any atom is 0.103 e. The third-order valence-corrected chi connectivity index (χ3v) is 4.59. The van der Waals surface area contributed by atoms with Gasteiger partial charge in [0, 0.05) is 17.7 Å². The number of thiophene rings is 1. The minimum absolute atomic E-state index is 0.139. The van der Waals surface area contributed by atoms with Crippen LogP contribution in [-0.4, -0.2) is 17.8 Å². The summed E-state index contributed by atoms with van der Waals surface area (Å²) in [6.07, 6.45) is 1.47. The van der Waals surface area contributed by atoms with E-state index in [4.69, 9.17) is 16.3 Å². The predicted octanol–water partition coefficient (Wildman–Crippen LogP) is 3.42. The van der Waals surface area contributed by atoms with Gasteiger partial charge < -0.3 is 9.84 Å². The molecule has 0 radical (unpaired) electrons. The molecule has 90 valence electrons. The molecule has 2 nitrogen and oxygen atoms in total. The fraction of sp³-hybridized carbons (Fsp3) is 0.667. The Morgan fingerprint density at radius 2 is 2.31 bits per heavy atom. The Hall–Kier alpha value is -0.0900. The number of hydrogen-bond acceptors (Lipinski definition) is 3. The van der Waals surface area contributed by atoms with Gasteiger partial charge in [-0.25, -0.2) is 0 Å². The maximum absolute atomic E-state index is 10.6. The Bertz CT molecular complexity index is 364. The fourth-order valence-corrected chi connectivity index (χ4v) is 3.26. The summed E-state index contributed by atoms with van der Waals surface area (Å²) in [4.78, 5) is 0.964. The molecule has 1 aromatic rings. The summed E-state index contributed by atoms with van der Waals surface area (Å²) in [5, 5.41) is 10.6. The second-order valence-electron chi connectivity index (χ2n) is 4.74. The summed E-state index contributed by atoms with van der Waals surface area (Å²) in [7, 11) is 0. The second-order valence-corrected chi connectivity index (χ2v) is 6.46. The van der Waals surface area contributed by atoms with Gasteiger partial charge in [-0.3, -0.25) is 0 Å². The van der Waals surface area contributed by atoms with E-state index in [1.54, 1.807) is 0 Å². The zero-order chi connectivity index (χ0) is 11.8. The van der Waals surface area contributed by atoms with Crippen LogP contribution in [0.25, 0.3) is 0 Å². The van der Waals surface area contributed by atoms with E-state index in [0.29, 0.717) is 25.4 Å². The molecule has 2 heterocycles. The maximum atomic E-state index is 10.6. The standard InChI is InChI=1S/C12H17ClO2S/c1-8(2)9-7-12(14,5-6-15-9)10-3-4-11(13)16-10/h3-4,8-9,14H,5-7H2,1-2H3. The van der Waals surface area contributed by atoms with Crippen LogP contribution in [0.4, 0.5) is 0 Å². The molecule has 0 aromatic carbocycles. The Kier molecular flexibility index (Phi) is 3.59. The smallest absolute Gasteiger partial charge is 0.103 e. The lowest BCUT2D eigenvalue weighted by Gasteiger charge is -2.38. The van der Waals surface area contributed by atoms with Gasteiger partial charge in [0.2, 0.25) is 0 Å². The van der Waals surface area contributed by atoms with Gasteiger partial charge in [-0.2, -0.15) is 0 Å². The van der Waals surface area contributed by atoms with Gasteiger partial charge in [0.15, 0.2) is 0 Å². The summed E-state index contributed by atoms with van der Waals surface area (Å²) in [6.45, 7) is 4.87. The Morgan fingerprint density at radius 3 is 2.88 bits per heavy atom. The molecule has 2 rings (SSSR count). The van der Waals surface area contributed by atoms with E-state index in [2.05, 4.69) is 13.8 Å². The van der Waals surface area contributed by atoms with Gasteiger partial charge in [-0.1, -0.05) is 25.4 Å². The van der Waals surface area contributed by atoms with E-state index < -0.39 is 5.60 Å². The third-order valence-electron chi connectivity index (χ3n) is 3.16. The summed E-state index contributed by atoms with van der Waals surface area (Å²) in [5.41, 5.74) is -0.745. The lowest BCUT2D eigenvalue weighted by molar-refractivity contribution is -0.119. The number of halogens is 1. The first-order valence-corrected chi connectivity index (χ1v) is 6.80. The van der Waals surface area contributed by atoms with Crippen LogP contribution >= 0.6 is 22.9 Å². The molecule has 1 fully saturated rings. The molecule has 1 aromatic heterocycles. The van der Waals surface area contributed by atoms with E-state index in [-0.39, 0.29) is 6.10 Å². The van der Waals surface area contributed by atoms with Crippen molar-refractivity contribution in [2.24, 2.45) is 5.92 Å². The quantitative estimate of drug-likeness (QED) is 0.883. The number of ether oxygens (including phenoxy) is 1. The summed E-state index contributed by atoms with van der Waals surface area (Å²) < 4.78 is 6.41. The Morgan fingerprint density at radius 1 is 1.56 bits per heavy atom. The SMILES string of the molecule is CC(C)C1CC(O)(c2ccc(Cl)s2)CCO1. The highest BCUT2D eigenvalue weighted by Gasteiger charge is 2.38. The second kappa shape index (κ2) is 4.65. The molecule has 2 atom stereocenters. The first-order chi connectivity index (χ1) is 7.51. The van der Waals surface area contributed by atoms with Crippen LogP contribution in [0.3, 0.4) is 0 Å². The van der Waals surface area contributed by atoms with Crippen molar-refractivity contribution in [2.75, 3.05) is 6.61 Å². The molecular formula is C12H17ClO2S. The molecule has 16 heavy (non-hydrogen) atoms. The molecule has 0 amide bonds. The van der Waals surface area contributed by atoms with Crippen LogP contribution in [0.15, 0.2) is 12.1 Å². The summed E-state index contributed by atoms with van der Waals surface area (Å²) >= 11 is 7.38. The first-order valence-electron chi connectivity index (χ1n) is 5.61. The van der Waals surface area contributed by atoms with Gasteiger partial charge in [-0.15, -0.1) is 11.3 Å². The molecule has 0 saturated carbocycles. The van der Waals surface area contributed by atoms with Crippen molar-refractivity contribution in [1.29, 1.82) is 0 Å². The fourth-order valence-electron chi connectivity index (χ4n) is 2.09. The average Bonchev–Trinajstić information content (AvgIpc) is 2.65. The molecule has 0 bridgehead atoms. The third kappa shape index (κ3) is 2.43. The van der Waals surface area contributed by atoms with Crippen molar-refractivity contribution in [1.82, 2.24) is 0 Å². The molecule has 1 N–H and O–H groups in total. The van der Waals surface area contributed by atoms with Gasteiger partial charge >= 0.3 is 0 Å². The van der Waals surface area contributed by atoms with Crippen LogP contribution in [0.5, 0.6) is 0 Å². The highest BCUT2D eigenvalue weighted by molar-refractivity contribution is 7.16. The molecule has 1 saturated heterocycles. The highest BCUT2D eigenvalue weighted by atomic mass is 35.5. The van der Waals surface area contributed by atoms with E-state index in [9.17, 15) is 5.11 Å². The van der Waals surface area contributed by atoms with Crippen molar-refractivity contribution in [3.63, 3.8) is 0 Å². The molecule has 1 aliphatic rings. The molecule has 2 unspecified atom stereocenters. The lowest BCUT2D eigenvalue weighted by Crippen LogP contribution is -2.40. The van der Waals surface area contributed by atoms with Crippen LogP contribution in [-0.2, 0) is 10.3 Å². The zero-order valence-electron chi connectivity index (χ0n) is 9.57. The van der Waals surface area contributed by atoms with Crippen molar-refractivity contribution < 1.29 is 9.84 Å². The van der Waals surface area contributed by atoms with E-state index in [1.807, 2.05) is 12.1 Å². The summed E-state index contributed by atoms with van der Waals surface area (Å²) in [6, 6.07) is 3.77. The monoisotopic (exact) mass is 260 g/mol. The lowest BCUT2D eigenvalue weighted by atomic mass is 9.85. The summed E-state index contributed by atoms with van der Waals surface area (Å²) in [5.74, 6) is 0.433. The zero-order valence-corrected chi connectivity index (χ0v) is 11.1. The van der Waals surface area contributed by atoms with Crippen LogP contribution in [0.1, 0.15) is 31.6 Å². The van der Waals surface area contributed by atoms with Gasteiger partial charge in [0.1, 0.15) is 5.60 Å². The van der Waals surface area contributed by atoms with E-state index in [0.717, 1.165) is 9.21 Å². The molecule has 0 spiro atoms. The first kappa shape index (κ1) is 12.4. The minimum atomic E-state index is -0.745. The van der Waals surface area contributed by atoms with Crippen LogP contribution < -0.4 is 0 Å². The highest BCUT2D eigenvalue weighted by Crippen LogP contribution is 2.40. The predicted molar refractivity (Wildman–Crippen MR) is 67.0 cm³/mol. The van der Waals surface area contributed by atoms with E-state index >= 15 is 0 Å². The van der Waals surface area contributed by atoms with Gasteiger partial charge in [0.05, 0.1) is 17.0 Å². The van der Waals surface area contributed by atoms with Gasteiger partial charge in [0.25, 0.3) is 0 Å². The van der Waals surface area contributed by atoms with Crippen molar-refractivity contribution in [3.05, 3.63) is 21.3 Å². The topological polar surface area (TPSA) is 29.5 Å². The number of rotatable bonds is 2. The molecule has 4 heteroatoms. The number of aliphatic hydroxyl groups is 1. The van der Waals surface area contributed by atoms with Crippen LogP contribution in [0, 0.1) is 5.92 Å². The largest absolute Gasteiger partial charge is 0.384 e. The van der Waals surface area contributed by atoms with E-state index in [1.165, 1.54) is 11.3 Å². The van der Waals surface area contributed by atoms with Crippen molar-refractivity contribution in [2.45, 2.75) is 38.4 Å². The molecular weight excluding hydrogens is 244 g/mol. The Labute approximate surface area is 105 Å². The van der Waals surface area contributed by atoms with Crippen LogP contribution in [0.2, 0.25) is 4.34 Å². The van der Waals surface area contributed by atoms with Crippen molar-refractivity contribution >= 4 is 22.9 Å². The molecule has 0 aliphatic carbocycles. The molecule has 1 aliphatic heterocycles. The Balaban J connectivity index is 2.18. The minimum Gasteiger partial charge on any atom is -0.384 e. The average molecular weight is 261 g/mol. The normalized spacial score (nSPS) is 30.9.